The molecule has 3 aromatic heterocycles. The van der Waals surface area contributed by atoms with Crippen LogP contribution in [0.25, 0.3) is 65.1 Å². The van der Waals surface area contributed by atoms with E-state index in [0.29, 0.717) is 0 Å². The van der Waals surface area contributed by atoms with E-state index in [1.807, 2.05) is 0 Å². The monoisotopic (exact) mass is 464 g/mol. The summed E-state index contributed by atoms with van der Waals surface area (Å²) in [5.74, 6) is 0. The Kier molecular flexibility index (Phi) is 3.85. The topological polar surface area (TPSA) is 9.86 Å². The zero-order valence-electron chi connectivity index (χ0n) is 18.8. The number of thiophene rings is 1. The molecule has 5 aromatic carbocycles. The third kappa shape index (κ3) is 2.59. The first-order chi connectivity index (χ1) is 17.4. The van der Waals surface area contributed by atoms with E-state index in [1.54, 1.807) is 11.3 Å². The van der Waals surface area contributed by atoms with E-state index in [2.05, 4.69) is 130 Å². The van der Waals surface area contributed by atoms with Gasteiger partial charge in [-0.1, -0.05) is 60.7 Å². The molecule has 3 heteroatoms. The van der Waals surface area contributed by atoms with Gasteiger partial charge in [0.25, 0.3) is 0 Å². The second-order valence-electron chi connectivity index (χ2n) is 9.03. The average molecular weight is 465 g/mol. The molecule has 0 fully saturated rings. The maximum atomic E-state index is 2.43. The van der Waals surface area contributed by atoms with Crippen LogP contribution >= 0.6 is 11.3 Å². The molecule has 0 unspecified atom stereocenters. The summed E-state index contributed by atoms with van der Waals surface area (Å²) in [7, 11) is 0. The van der Waals surface area contributed by atoms with Gasteiger partial charge in [0.1, 0.15) is 0 Å². The lowest BCUT2D eigenvalue weighted by molar-refractivity contribution is 1.15. The Balaban J connectivity index is 1.40. The average Bonchev–Trinajstić information content (AvgIpc) is 3.61. The minimum Gasteiger partial charge on any atom is -0.309 e. The van der Waals surface area contributed by atoms with Crippen molar-refractivity contribution >= 4 is 65.0 Å². The van der Waals surface area contributed by atoms with Crippen LogP contribution in [-0.2, 0) is 0 Å². The van der Waals surface area contributed by atoms with Crippen molar-refractivity contribution in [3.8, 4) is 11.4 Å². The Hall–Kier alpha value is -4.34. The summed E-state index contributed by atoms with van der Waals surface area (Å²) < 4.78 is 6.12. The zero-order valence-corrected chi connectivity index (χ0v) is 19.7. The third-order valence-electron chi connectivity index (χ3n) is 7.21. The van der Waals surface area contributed by atoms with E-state index < -0.39 is 0 Å². The number of rotatable bonds is 2. The first kappa shape index (κ1) is 19.0. The quantitative estimate of drug-likeness (QED) is 0.241. The SMILES string of the molecule is c1ccc2c(c1)c1ccccc1n2-c1ccc(-n2c3ccccc3c3ccc4sccc4c32)cc1. The largest absolute Gasteiger partial charge is 0.309 e. The minimum absolute atomic E-state index is 1.17. The highest BCUT2D eigenvalue weighted by molar-refractivity contribution is 7.17. The van der Waals surface area contributed by atoms with Gasteiger partial charge in [0.2, 0.25) is 0 Å². The van der Waals surface area contributed by atoms with E-state index >= 15 is 0 Å². The standard InChI is InChI=1S/C32H20N2S/c1-4-10-28-23(7-1)24-8-2-5-11-29(24)33(28)21-13-15-22(16-14-21)34-30-12-6-3-9-25(30)26-17-18-31-27(32(26)34)19-20-35-31/h1-20H. The van der Waals surface area contributed by atoms with Crippen LogP contribution in [0.2, 0.25) is 0 Å². The summed E-state index contributed by atoms with van der Waals surface area (Å²) in [5, 5.41) is 8.68. The number of fused-ring (bicyclic) bond motifs is 8. The molecule has 35 heavy (non-hydrogen) atoms. The second kappa shape index (κ2) is 7.08. The molecule has 0 bridgehead atoms. The van der Waals surface area contributed by atoms with E-state index in [0.717, 1.165) is 0 Å². The lowest BCUT2D eigenvalue weighted by Gasteiger charge is -2.12. The molecule has 0 aliphatic carbocycles. The number of para-hydroxylation sites is 3. The van der Waals surface area contributed by atoms with Crippen LogP contribution < -0.4 is 0 Å². The summed E-state index contributed by atoms with van der Waals surface area (Å²) >= 11 is 1.80. The second-order valence-corrected chi connectivity index (χ2v) is 9.98. The van der Waals surface area contributed by atoms with E-state index in [-0.39, 0.29) is 0 Å². The molecule has 0 saturated carbocycles. The molecule has 0 radical (unpaired) electrons. The maximum absolute atomic E-state index is 2.43. The van der Waals surface area contributed by atoms with Gasteiger partial charge < -0.3 is 9.13 Å². The summed E-state index contributed by atoms with van der Waals surface area (Å²) in [6.07, 6.45) is 0. The molecule has 0 amide bonds. The number of hydrogen-bond acceptors (Lipinski definition) is 1. The summed E-state index contributed by atoms with van der Waals surface area (Å²) in [4.78, 5) is 0. The van der Waals surface area contributed by atoms with Gasteiger partial charge in [-0.15, -0.1) is 11.3 Å². The Morgan fingerprint density at radius 3 is 1.54 bits per heavy atom. The Labute approximate surface area is 205 Å². The molecule has 0 aliphatic heterocycles. The van der Waals surface area contributed by atoms with Crippen molar-refractivity contribution in [2.45, 2.75) is 0 Å². The van der Waals surface area contributed by atoms with Gasteiger partial charge in [0.15, 0.2) is 0 Å². The highest BCUT2D eigenvalue weighted by Gasteiger charge is 2.16. The molecule has 164 valence electrons. The van der Waals surface area contributed by atoms with Crippen LogP contribution in [0, 0.1) is 0 Å². The molecular weight excluding hydrogens is 444 g/mol. The molecule has 0 aliphatic rings. The first-order valence-electron chi connectivity index (χ1n) is 11.9. The van der Waals surface area contributed by atoms with Crippen molar-refractivity contribution in [3.05, 3.63) is 121 Å². The number of nitrogens with zero attached hydrogens (tertiary/aromatic N) is 2. The smallest absolute Gasteiger partial charge is 0.0627 e. The fourth-order valence-electron chi connectivity index (χ4n) is 5.72. The van der Waals surface area contributed by atoms with Crippen LogP contribution in [0.4, 0.5) is 0 Å². The van der Waals surface area contributed by atoms with Crippen molar-refractivity contribution in [1.82, 2.24) is 9.13 Å². The van der Waals surface area contributed by atoms with Gasteiger partial charge in [-0.3, -0.25) is 0 Å². The Morgan fingerprint density at radius 1 is 0.400 bits per heavy atom. The van der Waals surface area contributed by atoms with Crippen LogP contribution in [0.1, 0.15) is 0 Å². The van der Waals surface area contributed by atoms with Crippen molar-refractivity contribution in [2.75, 3.05) is 0 Å². The lowest BCUT2D eigenvalue weighted by atomic mass is 10.1. The van der Waals surface area contributed by atoms with Crippen LogP contribution in [0.5, 0.6) is 0 Å². The third-order valence-corrected chi connectivity index (χ3v) is 8.09. The molecule has 8 rings (SSSR count). The Morgan fingerprint density at radius 2 is 0.914 bits per heavy atom. The van der Waals surface area contributed by atoms with E-state index in [9.17, 15) is 0 Å². The van der Waals surface area contributed by atoms with Crippen molar-refractivity contribution in [3.63, 3.8) is 0 Å². The molecule has 8 aromatic rings. The fraction of sp³-hybridized carbons (Fsp3) is 0. The predicted molar refractivity (Wildman–Crippen MR) is 151 cm³/mol. The minimum atomic E-state index is 1.17. The molecular formula is C32H20N2S. The summed E-state index contributed by atoms with van der Waals surface area (Å²) in [5.41, 5.74) is 7.35. The number of aromatic nitrogens is 2. The molecule has 0 atom stereocenters. The first-order valence-corrected chi connectivity index (χ1v) is 12.7. The number of benzene rings is 5. The maximum Gasteiger partial charge on any atom is 0.0627 e. The van der Waals surface area contributed by atoms with Gasteiger partial charge >= 0.3 is 0 Å². The van der Waals surface area contributed by atoms with Gasteiger partial charge in [-0.05, 0) is 60.0 Å². The molecule has 0 spiro atoms. The molecule has 3 heterocycles. The lowest BCUT2D eigenvalue weighted by Crippen LogP contribution is -1.97. The van der Waals surface area contributed by atoms with E-state index in [1.165, 1.54) is 65.1 Å². The van der Waals surface area contributed by atoms with Crippen LogP contribution in [0.15, 0.2) is 121 Å². The van der Waals surface area contributed by atoms with Gasteiger partial charge in [-0.25, -0.2) is 0 Å². The molecule has 0 saturated heterocycles. The van der Waals surface area contributed by atoms with Crippen LogP contribution in [0.3, 0.4) is 0 Å². The van der Waals surface area contributed by atoms with Crippen molar-refractivity contribution in [1.29, 1.82) is 0 Å². The van der Waals surface area contributed by atoms with Gasteiger partial charge in [0.05, 0.1) is 22.1 Å². The van der Waals surface area contributed by atoms with Crippen molar-refractivity contribution < 1.29 is 0 Å². The van der Waals surface area contributed by atoms with Gasteiger partial charge in [0, 0.05) is 43.0 Å². The molecule has 0 N–H and O–H groups in total. The van der Waals surface area contributed by atoms with Crippen LogP contribution in [-0.4, -0.2) is 9.13 Å². The highest BCUT2D eigenvalue weighted by atomic mass is 32.1. The summed E-state index contributed by atoms with van der Waals surface area (Å²) in [6, 6.07) is 41.9. The van der Waals surface area contributed by atoms with Gasteiger partial charge in [-0.2, -0.15) is 0 Å². The normalized spacial score (nSPS) is 12.0. The van der Waals surface area contributed by atoms with Crippen molar-refractivity contribution in [2.24, 2.45) is 0 Å². The molecule has 2 nitrogen and oxygen atoms in total. The zero-order chi connectivity index (χ0) is 22.9. The fourth-order valence-corrected chi connectivity index (χ4v) is 6.51. The highest BCUT2D eigenvalue weighted by Crippen LogP contribution is 2.38. The number of hydrogen-bond donors (Lipinski definition) is 0. The Bertz CT molecular complexity index is 2000. The predicted octanol–water partition coefficient (Wildman–Crippen LogP) is 9.10. The summed E-state index contributed by atoms with van der Waals surface area (Å²) in [6.45, 7) is 0. The van der Waals surface area contributed by atoms with E-state index in [4.69, 9.17) is 0 Å².